The third kappa shape index (κ3) is 7.09. The summed E-state index contributed by atoms with van der Waals surface area (Å²) in [6, 6.07) is 9.56. The molecule has 2 aromatic rings. The van der Waals surface area contributed by atoms with Crippen molar-refractivity contribution in [1.82, 2.24) is 10.2 Å². The van der Waals surface area contributed by atoms with Gasteiger partial charge >= 0.3 is 6.03 Å². The molecule has 0 saturated heterocycles. The fraction of sp³-hybridized carbons (Fsp3) is 0.455. The molecule has 0 radical (unpaired) electrons. The zero-order chi connectivity index (χ0) is 21.4. The molecule has 1 aromatic heterocycles. The summed E-state index contributed by atoms with van der Waals surface area (Å²) in [5.74, 6) is 0.481. The van der Waals surface area contributed by atoms with Crippen molar-refractivity contribution in [1.29, 1.82) is 0 Å². The Balaban J connectivity index is 2.26. The van der Waals surface area contributed by atoms with Gasteiger partial charge < -0.3 is 20.4 Å². The Bertz CT molecular complexity index is 803. The van der Waals surface area contributed by atoms with Crippen LogP contribution in [0.3, 0.4) is 0 Å². The molecule has 0 fully saturated rings. The molecule has 0 spiro atoms. The zero-order valence-electron chi connectivity index (χ0n) is 18.0. The summed E-state index contributed by atoms with van der Waals surface area (Å²) in [7, 11) is 3.96. The largest absolute Gasteiger partial charge is 0.377 e. The molecule has 0 aliphatic heterocycles. The highest BCUT2D eigenvalue weighted by Gasteiger charge is 2.19. The van der Waals surface area contributed by atoms with Gasteiger partial charge in [0.1, 0.15) is 0 Å². The van der Waals surface area contributed by atoms with Crippen LogP contribution in [-0.2, 0) is 17.8 Å². The summed E-state index contributed by atoms with van der Waals surface area (Å²) < 4.78 is 0. The van der Waals surface area contributed by atoms with Crippen molar-refractivity contribution in [2.24, 2.45) is 5.92 Å². The van der Waals surface area contributed by atoms with E-state index in [2.05, 4.69) is 24.5 Å². The van der Waals surface area contributed by atoms with Gasteiger partial charge in [0.2, 0.25) is 5.91 Å². The van der Waals surface area contributed by atoms with Crippen LogP contribution in [0.25, 0.3) is 0 Å². The highest BCUT2D eigenvalue weighted by Crippen LogP contribution is 2.25. The van der Waals surface area contributed by atoms with Crippen molar-refractivity contribution in [3.05, 3.63) is 46.2 Å². The Labute approximate surface area is 177 Å². The molecule has 0 saturated carbocycles. The number of carbonyl (C=O) groups is 2. The number of rotatable bonds is 9. The molecule has 1 heterocycles. The van der Waals surface area contributed by atoms with Gasteiger partial charge in [-0.15, -0.1) is 11.3 Å². The predicted octanol–water partition coefficient (Wildman–Crippen LogP) is 4.18. The van der Waals surface area contributed by atoms with Crippen LogP contribution in [-0.4, -0.2) is 44.0 Å². The van der Waals surface area contributed by atoms with Crippen LogP contribution in [0.5, 0.6) is 0 Å². The maximum absolute atomic E-state index is 13.0. The number of thiophene rings is 1. The Morgan fingerprint density at radius 3 is 2.52 bits per heavy atom. The molecule has 1 aromatic carbocycles. The maximum atomic E-state index is 13.0. The van der Waals surface area contributed by atoms with E-state index in [0.29, 0.717) is 37.7 Å². The number of nitrogens with one attached hydrogen (secondary N) is 2. The summed E-state index contributed by atoms with van der Waals surface area (Å²) >= 11 is 1.61. The van der Waals surface area contributed by atoms with Crippen molar-refractivity contribution in [3.8, 4) is 0 Å². The van der Waals surface area contributed by atoms with Crippen molar-refractivity contribution in [2.45, 2.75) is 33.7 Å². The number of benzene rings is 1. The lowest BCUT2D eigenvalue weighted by atomic mass is 10.1. The first kappa shape index (κ1) is 22.7. The quantitative estimate of drug-likeness (QED) is 0.644. The second-order valence-corrected chi connectivity index (χ2v) is 8.68. The minimum absolute atomic E-state index is 0.118. The smallest absolute Gasteiger partial charge is 0.319 e. The fourth-order valence-corrected chi connectivity index (χ4v) is 3.83. The lowest BCUT2D eigenvalue weighted by Crippen LogP contribution is -2.35. The van der Waals surface area contributed by atoms with Crippen LogP contribution < -0.4 is 15.5 Å². The van der Waals surface area contributed by atoms with Gasteiger partial charge in [-0.05, 0) is 48.1 Å². The second-order valence-electron chi connectivity index (χ2n) is 7.65. The van der Waals surface area contributed by atoms with E-state index in [1.807, 2.05) is 66.5 Å². The molecule has 2 N–H and O–H groups in total. The molecular weight excluding hydrogens is 384 g/mol. The Morgan fingerprint density at radius 2 is 1.93 bits per heavy atom. The van der Waals surface area contributed by atoms with E-state index in [1.54, 1.807) is 11.3 Å². The Kier molecular flexibility index (Phi) is 8.51. The first-order valence-corrected chi connectivity index (χ1v) is 10.8. The maximum Gasteiger partial charge on any atom is 0.319 e. The highest BCUT2D eigenvalue weighted by molar-refractivity contribution is 7.10. The molecule has 6 nitrogen and oxygen atoms in total. The number of urea groups is 1. The molecule has 0 aliphatic carbocycles. The van der Waals surface area contributed by atoms with Gasteiger partial charge in [0.05, 0.1) is 6.42 Å². The number of amides is 3. The zero-order valence-corrected chi connectivity index (χ0v) is 18.8. The van der Waals surface area contributed by atoms with E-state index in [9.17, 15) is 9.59 Å². The van der Waals surface area contributed by atoms with Gasteiger partial charge in [0, 0.05) is 50.0 Å². The van der Waals surface area contributed by atoms with Gasteiger partial charge in [-0.25, -0.2) is 4.79 Å². The van der Waals surface area contributed by atoms with Crippen LogP contribution in [0.1, 0.15) is 31.2 Å². The van der Waals surface area contributed by atoms with E-state index in [-0.39, 0.29) is 11.9 Å². The third-order valence-corrected chi connectivity index (χ3v) is 5.24. The summed E-state index contributed by atoms with van der Waals surface area (Å²) in [6.45, 7) is 7.86. The summed E-state index contributed by atoms with van der Waals surface area (Å²) in [6.07, 6.45) is 0.415. The summed E-state index contributed by atoms with van der Waals surface area (Å²) in [5, 5.41) is 7.59. The van der Waals surface area contributed by atoms with Gasteiger partial charge in [0.25, 0.3) is 0 Å². The molecule has 158 valence electrons. The van der Waals surface area contributed by atoms with Gasteiger partial charge in [-0.2, -0.15) is 0 Å². The average Bonchev–Trinajstić information content (AvgIpc) is 3.14. The normalized spacial score (nSPS) is 10.7. The standard InChI is InChI=1S/C22H32N4O2S/c1-6-23-22(28)24-18-9-10-20(25(4)5)17(12-18)15-26(14-16(2)3)21(27)13-19-8-7-11-29-19/h7-12,16H,6,13-15H2,1-5H3,(H2,23,24,28). The lowest BCUT2D eigenvalue weighted by Gasteiger charge is -2.27. The first-order valence-electron chi connectivity index (χ1n) is 9.95. The van der Waals surface area contributed by atoms with Crippen LogP contribution in [0.2, 0.25) is 0 Å². The molecule has 0 aliphatic rings. The lowest BCUT2D eigenvalue weighted by molar-refractivity contribution is -0.131. The number of hydrogen-bond donors (Lipinski definition) is 2. The third-order valence-electron chi connectivity index (χ3n) is 4.36. The topological polar surface area (TPSA) is 64.7 Å². The van der Waals surface area contributed by atoms with Gasteiger partial charge in [-0.3, -0.25) is 4.79 Å². The monoisotopic (exact) mass is 416 g/mol. The van der Waals surface area contributed by atoms with E-state index >= 15 is 0 Å². The van der Waals surface area contributed by atoms with E-state index < -0.39 is 0 Å². The number of carbonyl (C=O) groups excluding carboxylic acids is 2. The summed E-state index contributed by atoms with van der Waals surface area (Å²) in [5.41, 5.74) is 2.75. The second kappa shape index (κ2) is 10.9. The van der Waals surface area contributed by atoms with E-state index in [0.717, 1.165) is 16.1 Å². The minimum atomic E-state index is -0.233. The fourth-order valence-electron chi connectivity index (χ4n) is 3.14. The van der Waals surface area contributed by atoms with E-state index in [4.69, 9.17) is 0 Å². The molecule has 3 amide bonds. The van der Waals surface area contributed by atoms with Gasteiger partial charge in [0.15, 0.2) is 0 Å². The number of nitrogens with zero attached hydrogens (tertiary/aromatic N) is 2. The molecule has 29 heavy (non-hydrogen) atoms. The molecular formula is C22H32N4O2S. The van der Waals surface area contributed by atoms with Crippen LogP contribution in [0.4, 0.5) is 16.2 Å². The molecule has 2 rings (SSSR count). The molecule has 0 unspecified atom stereocenters. The SMILES string of the molecule is CCNC(=O)Nc1ccc(N(C)C)c(CN(CC(C)C)C(=O)Cc2cccs2)c1. The molecule has 7 heteroatoms. The van der Waals surface area contributed by atoms with Crippen molar-refractivity contribution < 1.29 is 9.59 Å². The van der Waals surface area contributed by atoms with Crippen LogP contribution in [0, 0.1) is 5.92 Å². The average molecular weight is 417 g/mol. The minimum Gasteiger partial charge on any atom is -0.377 e. The van der Waals surface area contributed by atoms with Crippen LogP contribution >= 0.6 is 11.3 Å². The number of hydrogen-bond acceptors (Lipinski definition) is 4. The van der Waals surface area contributed by atoms with Crippen molar-refractivity contribution in [2.75, 3.05) is 37.4 Å². The van der Waals surface area contributed by atoms with Crippen molar-refractivity contribution in [3.63, 3.8) is 0 Å². The van der Waals surface area contributed by atoms with E-state index in [1.165, 1.54) is 0 Å². The first-order chi connectivity index (χ1) is 13.8. The molecule has 0 bridgehead atoms. The van der Waals surface area contributed by atoms with Crippen molar-refractivity contribution >= 4 is 34.6 Å². The van der Waals surface area contributed by atoms with Gasteiger partial charge in [-0.1, -0.05) is 19.9 Å². The van der Waals surface area contributed by atoms with Crippen LogP contribution in [0.15, 0.2) is 35.7 Å². The Hall–Kier alpha value is -2.54. The predicted molar refractivity (Wildman–Crippen MR) is 122 cm³/mol. The summed E-state index contributed by atoms with van der Waals surface area (Å²) in [4.78, 5) is 29.9. The highest BCUT2D eigenvalue weighted by atomic mass is 32.1. The number of anilines is 2. The molecule has 0 atom stereocenters. The Morgan fingerprint density at radius 1 is 1.17 bits per heavy atom.